The number of amides is 1. The molecule has 1 aromatic heterocycles. The number of benzene rings is 1. The minimum absolute atomic E-state index is 0.233. The molecule has 23 heavy (non-hydrogen) atoms. The number of aryl methyl sites for hydroxylation is 1. The van der Waals surface area contributed by atoms with Crippen LogP contribution < -0.4 is 10.1 Å². The third-order valence-corrected chi connectivity index (χ3v) is 4.71. The van der Waals surface area contributed by atoms with Crippen molar-refractivity contribution in [1.82, 2.24) is 0 Å². The summed E-state index contributed by atoms with van der Waals surface area (Å²) >= 11 is 1.42. The quantitative estimate of drug-likeness (QED) is 0.784. The minimum atomic E-state index is -0.233. The van der Waals surface area contributed by atoms with Gasteiger partial charge in [0.2, 0.25) is 0 Å². The summed E-state index contributed by atoms with van der Waals surface area (Å²) in [4.78, 5) is 13.5. The van der Waals surface area contributed by atoms with Crippen molar-refractivity contribution in [1.29, 1.82) is 5.26 Å². The number of hydrogen-bond donors (Lipinski definition) is 1. The number of thiophene rings is 1. The molecule has 0 aliphatic carbocycles. The Bertz CT molecular complexity index is 744. The van der Waals surface area contributed by atoms with Crippen molar-refractivity contribution in [3.63, 3.8) is 0 Å². The van der Waals surface area contributed by atoms with Crippen LogP contribution in [0.15, 0.2) is 24.3 Å². The van der Waals surface area contributed by atoms with E-state index in [-0.39, 0.29) is 5.91 Å². The molecule has 0 saturated carbocycles. The number of nitriles is 1. The molecule has 0 bridgehead atoms. The van der Waals surface area contributed by atoms with Crippen LogP contribution in [0.5, 0.6) is 5.75 Å². The van der Waals surface area contributed by atoms with Gasteiger partial charge < -0.3 is 10.1 Å². The van der Waals surface area contributed by atoms with Gasteiger partial charge in [0.15, 0.2) is 0 Å². The molecule has 2 rings (SSSR count). The first-order chi connectivity index (χ1) is 11.1. The van der Waals surface area contributed by atoms with E-state index in [9.17, 15) is 10.1 Å². The Hall–Kier alpha value is -2.32. The first kappa shape index (κ1) is 17.0. The Morgan fingerprint density at radius 3 is 2.87 bits per heavy atom. The van der Waals surface area contributed by atoms with E-state index in [1.807, 2.05) is 19.9 Å². The Balaban J connectivity index is 2.14. The van der Waals surface area contributed by atoms with Crippen LogP contribution in [0.25, 0.3) is 0 Å². The fourth-order valence-corrected chi connectivity index (χ4v) is 3.09. The summed E-state index contributed by atoms with van der Waals surface area (Å²) < 4.78 is 5.63. The average molecular weight is 328 g/mol. The summed E-state index contributed by atoms with van der Waals surface area (Å²) in [7, 11) is 0. The highest BCUT2D eigenvalue weighted by Gasteiger charge is 2.15. The molecule has 1 N–H and O–H groups in total. The van der Waals surface area contributed by atoms with Gasteiger partial charge in [0.25, 0.3) is 5.91 Å². The zero-order valence-electron chi connectivity index (χ0n) is 13.6. The number of hydrogen-bond acceptors (Lipinski definition) is 4. The standard InChI is InChI=1S/C18H20N2O2S/c1-4-5-9-22-15-8-6-7-14(10-15)17(21)20-18-16(11-19)12(2)13(3)23-18/h6-8,10H,4-5,9H2,1-3H3,(H,20,21). The van der Waals surface area contributed by atoms with E-state index < -0.39 is 0 Å². The molecule has 0 unspecified atom stereocenters. The van der Waals surface area contributed by atoms with Gasteiger partial charge in [-0.1, -0.05) is 19.4 Å². The van der Waals surface area contributed by atoms with Crippen molar-refractivity contribution in [2.75, 3.05) is 11.9 Å². The molecule has 2 aromatic rings. The maximum absolute atomic E-state index is 12.4. The van der Waals surface area contributed by atoms with Gasteiger partial charge >= 0.3 is 0 Å². The zero-order valence-corrected chi connectivity index (χ0v) is 14.4. The largest absolute Gasteiger partial charge is 0.494 e. The predicted octanol–water partition coefficient (Wildman–Crippen LogP) is 4.67. The van der Waals surface area contributed by atoms with Gasteiger partial charge in [0.05, 0.1) is 12.2 Å². The molecule has 0 aliphatic heterocycles. The lowest BCUT2D eigenvalue weighted by Crippen LogP contribution is -2.12. The summed E-state index contributed by atoms with van der Waals surface area (Å²) in [5.74, 6) is 0.453. The first-order valence-electron chi connectivity index (χ1n) is 7.61. The fourth-order valence-electron chi connectivity index (χ4n) is 2.09. The number of anilines is 1. The normalized spacial score (nSPS) is 10.2. The summed E-state index contributed by atoms with van der Waals surface area (Å²) in [6, 6.07) is 9.26. The smallest absolute Gasteiger partial charge is 0.256 e. The van der Waals surface area contributed by atoms with Gasteiger partial charge in [-0.05, 0) is 44.0 Å². The van der Waals surface area contributed by atoms with Crippen molar-refractivity contribution in [3.8, 4) is 11.8 Å². The number of nitrogens with zero attached hydrogens (tertiary/aromatic N) is 1. The molecule has 0 spiro atoms. The van der Waals surface area contributed by atoms with E-state index in [4.69, 9.17) is 4.74 Å². The molecule has 0 fully saturated rings. The topological polar surface area (TPSA) is 62.1 Å². The average Bonchev–Trinajstić information content (AvgIpc) is 2.81. The zero-order chi connectivity index (χ0) is 16.8. The lowest BCUT2D eigenvalue weighted by Gasteiger charge is -2.08. The molecule has 0 atom stereocenters. The number of rotatable bonds is 6. The maximum atomic E-state index is 12.4. The van der Waals surface area contributed by atoms with Crippen LogP contribution in [0.3, 0.4) is 0 Å². The summed E-state index contributed by atoms with van der Waals surface area (Å²) in [5, 5.41) is 12.7. The lowest BCUT2D eigenvalue weighted by atomic mass is 10.1. The molecule has 1 aromatic carbocycles. The molecule has 4 nitrogen and oxygen atoms in total. The summed E-state index contributed by atoms with van der Waals surface area (Å²) in [5.41, 5.74) is 1.98. The van der Waals surface area contributed by atoms with Crippen LogP contribution in [0.2, 0.25) is 0 Å². The molecule has 0 radical (unpaired) electrons. The summed E-state index contributed by atoms with van der Waals surface area (Å²) in [6.07, 6.45) is 2.05. The molecule has 0 aliphatic rings. The van der Waals surface area contributed by atoms with E-state index in [0.717, 1.165) is 23.3 Å². The van der Waals surface area contributed by atoms with E-state index in [0.29, 0.717) is 28.5 Å². The third kappa shape index (κ3) is 4.11. The number of ether oxygens (including phenoxy) is 1. The predicted molar refractivity (Wildman–Crippen MR) is 93.3 cm³/mol. The molecule has 5 heteroatoms. The number of carbonyl (C=O) groups is 1. The van der Waals surface area contributed by atoms with Crippen molar-refractivity contribution in [2.45, 2.75) is 33.6 Å². The van der Waals surface area contributed by atoms with Gasteiger partial charge in [-0.15, -0.1) is 11.3 Å². The molecule has 0 saturated heterocycles. The van der Waals surface area contributed by atoms with Gasteiger partial charge in [-0.2, -0.15) is 5.26 Å². The Labute approximate surface area is 140 Å². The SMILES string of the molecule is CCCCOc1cccc(C(=O)Nc2sc(C)c(C)c2C#N)c1. The van der Waals surface area contributed by atoms with Gasteiger partial charge in [0, 0.05) is 10.4 Å². The molecule has 1 heterocycles. The Morgan fingerprint density at radius 2 is 2.17 bits per heavy atom. The van der Waals surface area contributed by atoms with Crippen molar-refractivity contribution in [3.05, 3.63) is 45.8 Å². The monoisotopic (exact) mass is 328 g/mol. The second-order valence-electron chi connectivity index (χ2n) is 5.28. The van der Waals surface area contributed by atoms with Crippen LogP contribution in [0, 0.1) is 25.2 Å². The second-order valence-corrected chi connectivity index (χ2v) is 6.51. The Kier molecular flexibility index (Phi) is 5.78. The lowest BCUT2D eigenvalue weighted by molar-refractivity contribution is 0.102. The van der Waals surface area contributed by atoms with E-state index in [1.165, 1.54) is 11.3 Å². The first-order valence-corrected chi connectivity index (χ1v) is 8.42. The molecule has 1 amide bonds. The van der Waals surface area contributed by atoms with E-state index in [2.05, 4.69) is 18.3 Å². The van der Waals surface area contributed by atoms with Crippen molar-refractivity contribution >= 4 is 22.2 Å². The minimum Gasteiger partial charge on any atom is -0.494 e. The Morgan fingerprint density at radius 1 is 1.39 bits per heavy atom. The highest BCUT2D eigenvalue weighted by atomic mass is 32.1. The third-order valence-electron chi connectivity index (χ3n) is 3.59. The molecular formula is C18H20N2O2S. The van der Waals surface area contributed by atoms with Crippen LogP contribution >= 0.6 is 11.3 Å². The van der Waals surface area contributed by atoms with Crippen molar-refractivity contribution in [2.24, 2.45) is 0 Å². The van der Waals surface area contributed by atoms with Gasteiger partial charge in [0.1, 0.15) is 16.8 Å². The van der Waals surface area contributed by atoms with Crippen LogP contribution in [0.4, 0.5) is 5.00 Å². The molecular weight excluding hydrogens is 308 g/mol. The van der Waals surface area contributed by atoms with Crippen LogP contribution in [-0.4, -0.2) is 12.5 Å². The number of unbranched alkanes of at least 4 members (excludes halogenated alkanes) is 1. The van der Waals surface area contributed by atoms with E-state index in [1.54, 1.807) is 18.2 Å². The summed E-state index contributed by atoms with van der Waals surface area (Å²) in [6.45, 7) is 6.58. The van der Waals surface area contributed by atoms with Crippen molar-refractivity contribution < 1.29 is 9.53 Å². The highest BCUT2D eigenvalue weighted by molar-refractivity contribution is 7.16. The van der Waals surface area contributed by atoms with Crippen LogP contribution in [0.1, 0.15) is 46.1 Å². The molecule has 120 valence electrons. The van der Waals surface area contributed by atoms with E-state index >= 15 is 0 Å². The van der Waals surface area contributed by atoms with Gasteiger partial charge in [-0.3, -0.25) is 4.79 Å². The fraction of sp³-hybridized carbons (Fsp3) is 0.333. The highest BCUT2D eigenvalue weighted by Crippen LogP contribution is 2.32. The van der Waals surface area contributed by atoms with Gasteiger partial charge in [-0.25, -0.2) is 0 Å². The second kappa shape index (κ2) is 7.80. The van der Waals surface area contributed by atoms with Crippen LogP contribution in [-0.2, 0) is 0 Å². The number of nitrogens with one attached hydrogen (secondary N) is 1. The number of carbonyl (C=O) groups excluding carboxylic acids is 1. The maximum Gasteiger partial charge on any atom is 0.256 e.